The average Bonchev–Trinajstić information content (AvgIpc) is 2.94. The van der Waals surface area contributed by atoms with Crippen molar-refractivity contribution in [2.45, 2.75) is 26.2 Å². The first-order valence-electron chi connectivity index (χ1n) is 8.51. The maximum Gasteiger partial charge on any atom is 0.265 e. The molecule has 0 bridgehead atoms. The Morgan fingerprint density at radius 3 is 2.89 bits per heavy atom. The number of H-pyrrole nitrogens is 1. The van der Waals surface area contributed by atoms with Crippen molar-refractivity contribution in [2.24, 2.45) is 5.92 Å². The van der Waals surface area contributed by atoms with Crippen molar-refractivity contribution in [2.75, 3.05) is 5.32 Å². The van der Waals surface area contributed by atoms with Crippen LogP contribution in [0.1, 0.15) is 34.1 Å². The molecule has 3 N–H and O–H groups in total. The molecule has 0 saturated heterocycles. The first kappa shape index (κ1) is 18.3. The molecule has 1 amide bonds. The van der Waals surface area contributed by atoms with E-state index < -0.39 is 11.5 Å². The van der Waals surface area contributed by atoms with Crippen LogP contribution >= 0.6 is 34.5 Å². The van der Waals surface area contributed by atoms with Crippen molar-refractivity contribution in [3.63, 3.8) is 0 Å². The molecule has 3 aromatic rings. The number of amides is 1. The van der Waals surface area contributed by atoms with Gasteiger partial charge in [-0.15, -0.1) is 11.3 Å². The van der Waals surface area contributed by atoms with Gasteiger partial charge in [0, 0.05) is 9.90 Å². The summed E-state index contributed by atoms with van der Waals surface area (Å²) >= 11 is 13.4. The van der Waals surface area contributed by atoms with Gasteiger partial charge in [0.1, 0.15) is 16.1 Å². The number of aromatic hydroxyl groups is 1. The van der Waals surface area contributed by atoms with Gasteiger partial charge in [0.15, 0.2) is 0 Å². The summed E-state index contributed by atoms with van der Waals surface area (Å²) in [5, 5.41) is 14.6. The minimum atomic E-state index is -0.719. The third-order valence-electron chi connectivity index (χ3n) is 4.85. The highest BCUT2D eigenvalue weighted by Gasteiger charge is 2.27. The van der Waals surface area contributed by atoms with Gasteiger partial charge in [-0.25, -0.2) is 0 Å². The van der Waals surface area contributed by atoms with Crippen LogP contribution in [0.3, 0.4) is 0 Å². The van der Waals surface area contributed by atoms with Gasteiger partial charge >= 0.3 is 0 Å². The molecule has 2 aromatic heterocycles. The molecule has 1 aliphatic carbocycles. The molecule has 1 aliphatic rings. The second-order valence-corrected chi connectivity index (χ2v) is 8.76. The SMILES string of the molecule is C[C@@H]1CCc2c(sc3[nH]c(=O)c(C(=O)Nc4ccc(Cl)cc4Cl)c(O)c23)C1. The van der Waals surface area contributed by atoms with E-state index in [1.54, 1.807) is 12.1 Å². The molecule has 0 saturated carbocycles. The smallest absolute Gasteiger partial charge is 0.265 e. The number of nitrogens with one attached hydrogen (secondary N) is 2. The van der Waals surface area contributed by atoms with E-state index in [-0.39, 0.29) is 16.3 Å². The lowest BCUT2D eigenvalue weighted by Crippen LogP contribution is -2.23. The van der Waals surface area contributed by atoms with Crippen molar-refractivity contribution >= 4 is 56.3 Å². The lowest BCUT2D eigenvalue weighted by atomic mass is 9.89. The Hall–Kier alpha value is -2.02. The molecule has 2 heterocycles. The number of anilines is 1. The Morgan fingerprint density at radius 2 is 2.15 bits per heavy atom. The van der Waals surface area contributed by atoms with Crippen LogP contribution in [0.2, 0.25) is 10.0 Å². The summed E-state index contributed by atoms with van der Waals surface area (Å²) in [5.74, 6) is -0.429. The predicted octanol–water partition coefficient (Wildman–Crippen LogP) is 4.98. The van der Waals surface area contributed by atoms with E-state index in [1.165, 1.54) is 17.4 Å². The molecule has 0 aliphatic heterocycles. The first-order valence-corrected chi connectivity index (χ1v) is 10.1. The van der Waals surface area contributed by atoms with E-state index in [1.807, 2.05) is 0 Å². The minimum absolute atomic E-state index is 0.245. The topological polar surface area (TPSA) is 82.2 Å². The Morgan fingerprint density at radius 1 is 1.37 bits per heavy atom. The Bertz CT molecular complexity index is 1140. The fourth-order valence-corrected chi connectivity index (χ4v) is 5.34. The highest BCUT2D eigenvalue weighted by Crippen LogP contribution is 2.41. The third kappa shape index (κ3) is 3.22. The largest absolute Gasteiger partial charge is 0.506 e. The van der Waals surface area contributed by atoms with E-state index in [4.69, 9.17) is 23.2 Å². The Labute approximate surface area is 168 Å². The quantitative estimate of drug-likeness (QED) is 0.544. The maximum absolute atomic E-state index is 12.7. The van der Waals surface area contributed by atoms with Gasteiger partial charge in [0.25, 0.3) is 11.5 Å². The number of hydrogen-bond acceptors (Lipinski definition) is 4. The molecule has 4 rings (SSSR count). The number of carbonyl (C=O) groups is 1. The highest BCUT2D eigenvalue weighted by molar-refractivity contribution is 7.18. The van der Waals surface area contributed by atoms with Gasteiger partial charge in [-0.2, -0.15) is 0 Å². The third-order valence-corrected chi connectivity index (χ3v) is 6.56. The molecular formula is C19H16Cl2N2O3S. The summed E-state index contributed by atoms with van der Waals surface area (Å²) in [4.78, 5) is 29.7. The van der Waals surface area contributed by atoms with E-state index >= 15 is 0 Å². The first-order chi connectivity index (χ1) is 12.8. The van der Waals surface area contributed by atoms with Crippen LogP contribution in [-0.2, 0) is 12.8 Å². The molecule has 27 heavy (non-hydrogen) atoms. The van der Waals surface area contributed by atoms with E-state index in [2.05, 4.69) is 17.2 Å². The number of halogens is 2. The maximum atomic E-state index is 12.7. The molecular weight excluding hydrogens is 407 g/mol. The second kappa shape index (κ2) is 6.86. The zero-order chi connectivity index (χ0) is 19.3. The number of aromatic nitrogens is 1. The van der Waals surface area contributed by atoms with Crippen LogP contribution in [0, 0.1) is 5.92 Å². The predicted molar refractivity (Wildman–Crippen MR) is 110 cm³/mol. The highest BCUT2D eigenvalue weighted by atomic mass is 35.5. The summed E-state index contributed by atoms with van der Waals surface area (Å²) in [5.41, 5.74) is 0.397. The number of aryl methyl sites for hydroxylation is 1. The number of pyridine rings is 1. The molecule has 0 radical (unpaired) electrons. The number of thiophene rings is 1. The van der Waals surface area contributed by atoms with Crippen LogP contribution in [-0.4, -0.2) is 16.0 Å². The van der Waals surface area contributed by atoms with Gasteiger partial charge in [-0.3, -0.25) is 9.59 Å². The summed E-state index contributed by atoms with van der Waals surface area (Å²) < 4.78 is 0. The summed E-state index contributed by atoms with van der Waals surface area (Å²) in [7, 11) is 0. The fraction of sp³-hybridized carbons (Fsp3) is 0.263. The zero-order valence-electron chi connectivity index (χ0n) is 14.4. The van der Waals surface area contributed by atoms with Crippen molar-refractivity contribution in [3.8, 4) is 5.75 Å². The molecule has 0 spiro atoms. The fourth-order valence-electron chi connectivity index (χ4n) is 3.47. The van der Waals surface area contributed by atoms with E-state index in [0.29, 0.717) is 26.8 Å². The van der Waals surface area contributed by atoms with Crippen molar-refractivity contribution in [1.82, 2.24) is 4.98 Å². The van der Waals surface area contributed by atoms with Crippen molar-refractivity contribution < 1.29 is 9.90 Å². The summed E-state index contributed by atoms with van der Waals surface area (Å²) in [6.45, 7) is 2.19. The van der Waals surface area contributed by atoms with Gasteiger partial charge < -0.3 is 15.4 Å². The lowest BCUT2D eigenvalue weighted by molar-refractivity contribution is 0.102. The molecule has 5 nitrogen and oxygen atoms in total. The van der Waals surface area contributed by atoms with Crippen LogP contribution in [0.5, 0.6) is 5.75 Å². The monoisotopic (exact) mass is 422 g/mol. The molecule has 0 fully saturated rings. The average molecular weight is 423 g/mol. The number of carbonyl (C=O) groups excluding carboxylic acids is 1. The van der Waals surface area contributed by atoms with Crippen LogP contribution < -0.4 is 10.9 Å². The van der Waals surface area contributed by atoms with Crippen molar-refractivity contribution in [1.29, 1.82) is 0 Å². The Balaban J connectivity index is 1.79. The molecule has 1 atom stereocenters. The minimum Gasteiger partial charge on any atom is -0.506 e. The standard InChI is InChI=1S/C19H16Cl2N2O3S/c1-8-2-4-10-13(6-8)27-19-14(10)16(24)15(18(26)23-19)17(25)22-12-5-3-9(20)7-11(12)21/h3,5,7-8H,2,4,6H2,1H3,(H,22,25)(H2,23,24,26)/t8-/m1/s1. The summed E-state index contributed by atoms with van der Waals surface area (Å²) in [6, 6.07) is 4.61. The normalized spacial score (nSPS) is 16.3. The molecule has 8 heteroatoms. The van der Waals surface area contributed by atoms with Crippen LogP contribution in [0.25, 0.3) is 10.2 Å². The van der Waals surface area contributed by atoms with E-state index in [0.717, 1.165) is 29.7 Å². The number of hydrogen-bond donors (Lipinski definition) is 3. The van der Waals surface area contributed by atoms with Crippen molar-refractivity contribution in [3.05, 3.63) is 54.6 Å². The number of benzene rings is 1. The number of fused-ring (bicyclic) bond motifs is 3. The number of aromatic amines is 1. The summed E-state index contributed by atoms with van der Waals surface area (Å²) in [6.07, 6.45) is 2.75. The van der Waals surface area contributed by atoms with Gasteiger partial charge in [0.05, 0.1) is 16.1 Å². The lowest BCUT2D eigenvalue weighted by Gasteiger charge is -2.18. The van der Waals surface area contributed by atoms with Gasteiger partial charge in [-0.1, -0.05) is 30.1 Å². The molecule has 140 valence electrons. The molecule has 0 unspecified atom stereocenters. The zero-order valence-corrected chi connectivity index (χ0v) is 16.7. The van der Waals surface area contributed by atoms with Gasteiger partial charge in [-0.05, 0) is 48.9 Å². The number of rotatable bonds is 2. The van der Waals surface area contributed by atoms with Crippen LogP contribution in [0.15, 0.2) is 23.0 Å². The van der Waals surface area contributed by atoms with Gasteiger partial charge in [0.2, 0.25) is 0 Å². The van der Waals surface area contributed by atoms with Crippen LogP contribution in [0.4, 0.5) is 5.69 Å². The Kier molecular flexibility index (Phi) is 4.66. The van der Waals surface area contributed by atoms with E-state index in [9.17, 15) is 14.7 Å². The second-order valence-electron chi connectivity index (χ2n) is 6.81. The molecule has 1 aromatic carbocycles.